The molecule has 2 heterocycles. The number of hydrogen-bond acceptors (Lipinski definition) is 3. The van der Waals surface area contributed by atoms with E-state index >= 15 is 0 Å². The molecule has 66 valence electrons. The molecule has 2 aliphatic heterocycles. The summed E-state index contributed by atoms with van der Waals surface area (Å²) in [7, 11) is 0. The predicted molar refractivity (Wildman–Crippen MR) is 44.7 cm³/mol. The van der Waals surface area contributed by atoms with Gasteiger partial charge in [-0.15, -0.1) is 0 Å². The number of ether oxygens (including phenoxy) is 1. The summed E-state index contributed by atoms with van der Waals surface area (Å²) in [4.78, 5) is 13.6. The fourth-order valence-electron chi connectivity index (χ4n) is 1.94. The van der Waals surface area contributed by atoms with Crippen LogP contribution in [0, 0.1) is 0 Å². The highest BCUT2D eigenvalue weighted by molar-refractivity contribution is 5.81. The van der Waals surface area contributed by atoms with E-state index in [-0.39, 0.29) is 12.0 Å². The van der Waals surface area contributed by atoms with Gasteiger partial charge in [-0.05, 0) is 18.9 Å². The number of esters is 1. The van der Waals surface area contributed by atoms with Crippen LogP contribution >= 0.6 is 0 Å². The third-order valence-electron chi connectivity index (χ3n) is 2.50. The van der Waals surface area contributed by atoms with E-state index in [1.165, 1.54) is 5.57 Å². The average molecular weight is 167 g/mol. The zero-order chi connectivity index (χ0) is 8.55. The van der Waals surface area contributed by atoms with Crippen LogP contribution in [0.4, 0.5) is 0 Å². The molecule has 0 N–H and O–H groups in total. The van der Waals surface area contributed by atoms with Crippen LogP contribution < -0.4 is 0 Å². The highest BCUT2D eigenvalue weighted by atomic mass is 16.5. The Morgan fingerprint density at radius 1 is 1.83 bits per heavy atom. The molecule has 0 aliphatic carbocycles. The normalized spacial score (nSPS) is 31.9. The Morgan fingerprint density at radius 2 is 2.67 bits per heavy atom. The van der Waals surface area contributed by atoms with Crippen molar-refractivity contribution in [3.05, 3.63) is 11.6 Å². The number of carbonyl (C=O) groups is 1. The fourth-order valence-corrected chi connectivity index (χ4v) is 1.94. The standard InChI is InChI=1S/C9H13NO2/c1-2-12-9(11)8-7-3-5-10(8)6-4-7/h3,8H,2,4-6H2,1H3. The van der Waals surface area contributed by atoms with Crippen molar-refractivity contribution in [2.45, 2.75) is 19.4 Å². The Kier molecular flexibility index (Phi) is 1.89. The van der Waals surface area contributed by atoms with Crippen LogP contribution in [0.1, 0.15) is 13.3 Å². The van der Waals surface area contributed by atoms with Crippen molar-refractivity contribution < 1.29 is 9.53 Å². The van der Waals surface area contributed by atoms with Crippen molar-refractivity contribution in [3.63, 3.8) is 0 Å². The van der Waals surface area contributed by atoms with Crippen molar-refractivity contribution >= 4 is 5.97 Å². The van der Waals surface area contributed by atoms with Crippen molar-refractivity contribution in [1.82, 2.24) is 4.90 Å². The average Bonchev–Trinajstić information content (AvgIpc) is 2.62. The first-order chi connectivity index (χ1) is 5.83. The lowest BCUT2D eigenvalue weighted by Crippen LogP contribution is -2.34. The molecule has 0 aromatic carbocycles. The van der Waals surface area contributed by atoms with Gasteiger partial charge < -0.3 is 4.74 Å². The SMILES string of the molecule is CCOC(=O)C1C2=CCN1CC2. The lowest BCUT2D eigenvalue weighted by molar-refractivity contribution is -0.146. The number of carbonyl (C=O) groups excluding carboxylic acids is 1. The first kappa shape index (κ1) is 7.80. The van der Waals surface area contributed by atoms with Gasteiger partial charge in [0, 0.05) is 13.1 Å². The molecular weight excluding hydrogens is 154 g/mol. The van der Waals surface area contributed by atoms with E-state index in [9.17, 15) is 4.79 Å². The largest absolute Gasteiger partial charge is 0.465 e. The fraction of sp³-hybridized carbons (Fsp3) is 0.667. The first-order valence-electron chi connectivity index (χ1n) is 4.42. The molecule has 0 spiro atoms. The van der Waals surface area contributed by atoms with Crippen LogP contribution in [0.25, 0.3) is 0 Å². The van der Waals surface area contributed by atoms with Crippen LogP contribution in [0.2, 0.25) is 0 Å². The van der Waals surface area contributed by atoms with Gasteiger partial charge in [0.15, 0.2) is 0 Å². The van der Waals surface area contributed by atoms with Crippen LogP contribution in [0.3, 0.4) is 0 Å². The Labute approximate surface area is 72.0 Å². The van der Waals surface area contributed by atoms with E-state index in [0.29, 0.717) is 6.61 Å². The molecule has 1 saturated heterocycles. The molecule has 0 aromatic rings. The number of nitrogens with zero attached hydrogens (tertiary/aromatic N) is 1. The molecule has 0 saturated carbocycles. The molecule has 0 amide bonds. The molecular formula is C9H13NO2. The predicted octanol–water partition coefficient (Wildman–Crippen LogP) is 0.564. The lowest BCUT2D eigenvalue weighted by Gasteiger charge is -2.16. The third kappa shape index (κ3) is 1.05. The quantitative estimate of drug-likeness (QED) is 0.444. The summed E-state index contributed by atoms with van der Waals surface area (Å²) in [5.41, 5.74) is 1.26. The molecule has 0 aromatic heterocycles. The summed E-state index contributed by atoms with van der Waals surface area (Å²) in [6.07, 6.45) is 3.19. The summed E-state index contributed by atoms with van der Waals surface area (Å²) < 4.78 is 4.99. The topological polar surface area (TPSA) is 29.5 Å². The van der Waals surface area contributed by atoms with E-state index in [2.05, 4.69) is 11.0 Å². The van der Waals surface area contributed by atoms with E-state index in [0.717, 1.165) is 19.5 Å². The van der Waals surface area contributed by atoms with Crippen molar-refractivity contribution in [3.8, 4) is 0 Å². The number of hydrogen-bond donors (Lipinski definition) is 0. The molecule has 0 radical (unpaired) electrons. The van der Waals surface area contributed by atoms with Crippen LogP contribution in [0.5, 0.6) is 0 Å². The zero-order valence-corrected chi connectivity index (χ0v) is 7.25. The highest BCUT2D eigenvalue weighted by Gasteiger charge is 2.38. The minimum absolute atomic E-state index is 0.0371. The van der Waals surface area contributed by atoms with Crippen LogP contribution in [-0.2, 0) is 9.53 Å². The second-order valence-electron chi connectivity index (χ2n) is 3.18. The molecule has 2 atom stereocenters. The van der Waals surface area contributed by atoms with E-state index < -0.39 is 0 Å². The highest BCUT2D eigenvalue weighted by Crippen LogP contribution is 2.29. The number of fused-ring (bicyclic) bond motifs is 2. The van der Waals surface area contributed by atoms with Crippen LogP contribution in [-0.4, -0.2) is 36.6 Å². The van der Waals surface area contributed by atoms with Gasteiger partial charge in [-0.25, -0.2) is 4.79 Å². The Hall–Kier alpha value is -0.830. The first-order valence-corrected chi connectivity index (χ1v) is 4.42. The van der Waals surface area contributed by atoms with Gasteiger partial charge in [-0.1, -0.05) is 6.08 Å². The minimum atomic E-state index is -0.0706. The Morgan fingerprint density at radius 3 is 3.08 bits per heavy atom. The monoisotopic (exact) mass is 167 g/mol. The van der Waals surface area contributed by atoms with Gasteiger partial charge >= 0.3 is 5.97 Å². The molecule has 3 heteroatoms. The van der Waals surface area contributed by atoms with E-state index in [1.54, 1.807) is 0 Å². The summed E-state index contributed by atoms with van der Waals surface area (Å²) >= 11 is 0. The summed E-state index contributed by atoms with van der Waals surface area (Å²) in [5.74, 6) is -0.0706. The lowest BCUT2D eigenvalue weighted by atomic mass is 10.1. The maximum Gasteiger partial charge on any atom is 0.327 e. The summed E-state index contributed by atoms with van der Waals surface area (Å²) in [5, 5.41) is 0. The Balaban J connectivity index is 2.06. The second kappa shape index (κ2) is 2.90. The minimum Gasteiger partial charge on any atom is -0.465 e. The van der Waals surface area contributed by atoms with Crippen molar-refractivity contribution in [1.29, 1.82) is 0 Å². The van der Waals surface area contributed by atoms with Crippen molar-refractivity contribution in [2.75, 3.05) is 19.7 Å². The smallest absolute Gasteiger partial charge is 0.327 e. The van der Waals surface area contributed by atoms with Gasteiger partial charge in [0.1, 0.15) is 6.04 Å². The molecule has 3 nitrogen and oxygen atoms in total. The maximum absolute atomic E-state index is 11.4. The molecule has 12 heavy (non-hydrogen) atoms. The maximum atomic E-state index is 11.4. The van der Waals surface area contributed by atoms with E-state index in [4.69, 9.17) is 4.74 Å². The Bertz CT molecular complexity index is 235. The van der Waals surface area contributed by atoms with Gasteiger partial charge in [0.25, 0.3) is 0 Å². The van der Waals surface area contributed by atoms with Crippen molar-refractivity contribution in [2.24, 2.45) is 0 Å². The van der Waals surface area contributed by atoms with E-state index in [1.807, 2.05) is 6.92 Å². The van der Waals surface area contributed by atoms with Gasteiger partial charge in [-0.2, -0.15) is 0 Å². The van der Waals surface area contributed by atoms with Crippen LogP contribution in [0.15, 0.2) is 11.6 Å². The third-order valence-corrected chi connectivity index (χ3v) is 2.50. The molecule has 2 rings (SSSR count). The second-order valence-corrected chi connectivity index (χ2v) is 3.18. The molecule has 2 bridgehead atoms. The molecule has 1 fully saturated rings. The van der Waals surface area contributed by atoms with Gasteiger partial charge in [-0.3, -0.25) is 4.90 Å². The molecule has 2 unspecified atom stereocenters. The number of rotatable bonds is 2. The zero-order valence-electron chi connectivity index (χ0n) is 7.25. The summed E-state index contributed by atoms with van der Waals surface area (Å²) in [6, 6.07) is -0.0371. The molecule has 2 aliphatic rings. The summed E-state index contributed by atoms with van der Waals surface area (Å²) in [6.45, 7) is 4.28. The van der Waals surface area contributed by atoms with Gasteiger partial charge in [0.2, 0.25) is 0 Å². The van der Waals surface area contributed by atoms with Gasteiger partial charge in [0.05, 0.1) is 6.61 Å².